The van der Waals surface area contributed by atoms with Crippen LogP contribution in [-0.2, 0) is 6.54 Å². The molecule has 5 aromatic rings. The molecular weight excluding hydrogens is 332 g/mol. The first kappa shape index (κ1) is 14.6. The second kappa shape index (κ2) is 5.38. The summed E-state index contributed by atoms with van der Waals surface area (Å²) in [6.07, 6.45) is 3.63. The van der Waals surface area contributed by atoms with Crippen molar-refractivity contribution in [1.82, 2.24) is 35.2 Å². The molecule has 26 heavy (non-hydrogen) atoms. The van der Waals surface area contributed by atoms with Gasteiger partial charge < -0.3 is 10.2 Å². The highest BCUT2D eigenvalue weighted by atomic mass is 16.4. The maximum atomic E-state index is 6.16. The lowest BCUT2D eigenvalue weighted by Crippen LogP contribution is -2.00. The number of pyridine rings is 1. The fourth-order valence-corrected chi connectivity index (χ4v) is 3.02. The maximum Gasteiger partial charge on any atom is 0.237 e. The molecule has 0 amide bonds. The maximum absolute atomic E-state index is 6.16. The molecule has 5 rings (SSSR count). The minimum atomic E-state index is 0.377. The number of nitrogens with two attached hydrogens (primary N) is 1. The first-order chi connectivity index (χ1) is 12.7. The number of fused-ring (bicyclic) bond motifs is 3. The van der Waals surface area contributed by atoms with Gasteiger partial charge in [-0.05, 0) is 18.2 Å². The summed E-state index contributed by atoms with van der Waals surface area (Å²) in [7, 11) is 0. The number of aromatic nitrogens is 7. The van der Waals surface area contributed by atoms with E-state index >= 15 is 0 Å². The Bertz CT molecular complexity index is 1230. The van der Waals surface area contributed by atoms with Crippen molar-refractivity contribution >= 4 is 27.6 Å². The van der Waals surface area contributed by atoms with E-state index in [-0.39, 0.29) is 0 Å². The van der Waals surface area contributed by atoms with Crippen molar-refractivity contribution in [2.45, 2.75) is 13.5 Å². The fraction of sp³-hybridized carbons (Fsp3) is 0.118. The van der Waals surface area contributed by atoms with E-state index in [0.717, 1.165) is 33.1 Å². The molecule has 3 N–H and O–H groups in total. The molecule has 4 aromatic heterocycles. The van der Waals surface area contributed by atoms with Crippen molar-refractivity contribution in [3.8, 4) is 11.3 Å². The predicted octanol–water partition coefficient (Wildman–Crippen LogP) is 2.30. The summed E-state index contributed by atoms with van der Waals surface area (Å²) in [5.74, 6) is 1.45. The van der Waals surface area contributed by atoms with E-state index in [2.05, 4.69) is 30.5 Å². The number of nitrogen functional groups attached to an aromatic ring is 1. The summed E-state index contributed by atoms with van der Waals surface area (Å²) in [5, 5.41) is 21.2. The SMILES string of the molecule is Cc1nnc(Cn2cc3c(N)nc4cc(-c5cc[nH]n5)ccc4c3n2)o1. The molecule has 0 aliphatic heterocycles. The van der Waals surface area contributed by atoms with Gasteiger partial charge in [0.15, 0.2) is 0 Å². The number of nitrogens with zero attached hydrogens (tertiary/aromatic N) is 6. The Morgan fingerprint density at radius 1 is 1.19 bits per heavy atom. The number of H-pyrrole nitrogens is 1. The van der Waals surface area contributed by atoms with Gasteiger partial charge >= 0.3 is 0 Å². The van der Waals surface area contributed by atoms with Crippen molar-refractivity contribution in [2.75, 3.05) is 5.73 Å². The number of hydrogen-bond donors (Lipinski definition) is 2. The first-order valence-corrected chi connectivity index (χ1v) is 8.03. The van der Waals surface area contributed by atoms with Crippen LogP contribution < -0.4 is 5.73 Å². The summed E-state index contributed by atoms with van der Waals surface area (Å²) in [5.41, 5.74) is 9.54. The number of rotatable bonds is 3. The zero-order valence-electron chi connectivity index (χ0n) is 13.8. The molecule has 0 fully saturated rings. The molecule has 0 spiro atoms. The third-order valence-corrected chi connectivity index (χ3v) is 4.19. The van der Waals surface area contributed by atoms with E-state index < -0.39 is 0 Å². The van der Waals surface area contributed by atoms with Gasteiger partial charge in [-0.1, -0.05) is 6.07 Å². The summed E-state index contributed by atoms with van der Waals surface area (Å²) >= 11 is 0. The molecule has 0 saturated heterocycles. The zero-order chi connectivity index (χ0) is 17.7. The van der Waals surface area contributed by atoms with Gasteiger partial charge in [-0.25, -0.2) is 4.98 Å². The number of anilines is 1. The van der Waals surface area contributed by atoms with E-state index in [1.807, 2.05) is 30.5 Å². The number of aryl methyl sites for hydroxylation is 1. The Morgan fingerprint density at radius 3 is 2.88 bits per heavy atom. The van der Waals surface area contributed by atoms with Crippen LogP contribution in [0, 0.1) is 6.92 Å². The summed E-state index contributed by atoms with van der Waals surface area (Å²) in [6, 6.07) is 7.85. The zero-order valence-corrected chi connectivity index (χ0v) is 13.8. The van der Waals surface area contributed by atoms with Crippen LogP contribution in [0.2, 0.25) is 0 Å². The van der Waals surface area contributed by atoms with E-state index in [0.29, 0.717) is 24.1 Å². The highest BCUT2D eigenvalue weighted by Crippen LogP contribution is 2.29. The average molecular weight is 346 g/mol. The summed E-state index contributed by atoms with van der Waals surface area (Å²) < 4.78 is 7.15. The number of nitrogens with one attached hydrogen (secondary N) is 1. The minimum Gasteiger partial charge on any atom is -0.424 e. The van der Waals surface area contributed by atoms with E-state index in [9.17, 15) is 0 Å². The molecule has 9 heteroatoms. The molecule has 0 saturated carbocycles. The van der Waals surface area contributed by atoms with Gasteiger partial charge in [0.1, 0.15) is 17.9 Å². The van der Waals surface area contributed by atoms with Crippen LogP contribution >= 0.6 is 0 Å². The van der Waals surface area contributed by atoms with Crippen molar-refractivity contribution < 1.29 is 4.42 Å². The van der Waals surface area contributed by atoms with Gasteiger partial charge in [-0.2, -0.15) is 10.2 Å². The Balaban J connectivity index is 1.64. The molecule has 0 aliphatic rings. The standard InChI is InChI=1S/C17H14N8O/c1-9-21-23-15(26-9)8-25-7-12-16(24-25)11-3-2-10(13-4-5-19-22-13)6-14(11)20-17(12)18/h2-7H,8H2,1H3,(H2,18,20)(H,19,22). The normalized spacial score (nSPS) is 11.6. The first-order valence-electron chi connectivity index (χ1n) is 8.03. The molecule has 4 heterocycles. The molecule has 0 aliphatic carbocycles. The third kappa shape index (κ3) is 2.29. The van der Waals surface area contributed by atoms with Crippen LogP contribution in [0.1, 0.15) is 11.8 Å². The molecule has 0 bridgehead atoms. The molecule has 9 nitrogen and oxygen atoms in total. The second-order valence-corrected chi connectivity index (χ2v) is 5.99. The van der Waals surface area contributed by atoms with Crippen LogP contribution in [0.4, 0.5) is 5.82 Å². The third-order valence-electron chi connectivity index (χ3n) is 4.19. The van der Waals surface area contributed by atoms with Crippen LogP contribution in [0.15, 0.2) is 41.1 Å². The van der Waals surface area contributed by atoms with Crippen molar-refractivity contribution in [3.63, 3.8) is 0 Å². The highest BCUT2D eigenvalue weighted by molar-refractivity contribution is 6.08. The quantitative estimate of drug-likeness (QED) is 0.513. The van der Waals surface area contributed by atoms with Gasteiger partial charge in [0.2, 0.25) is 11.8 Å². The number of benzene rings is 1. The van der Waals surface area contributed by atoms with E-state index in [4.69, 9.17) is 10.2 Å². The molecule has 128 valence electrons. The topological polar surface area (TPSA) is 124 Å². The number of hydrogen-bond acceptors (Lipinski definition) is 7. The Morgan fingerprint density at radius 2 is 2.12 bits per heavy atom. The van der Waals surface area contributed by atoms with Crippen molar-refractivity contribution in [3.05, 3.63) is 48.4 Å². The summed E-state index contributed by atoms with van der Waals surface area (Å²) in [4.78, 5) is 4.53. The Labute approximate surface area is 146 Å². The monoisotopic (exact) mass is 346 g/mol. The Hall–Kier alpha value is -3.75. The predicted molar refractivity (Wildman–Crippen MR) is 95.2 cm³/mol. The van der Waals surface area contributed by atoms with Crippen LogP contribution in [0.25, 0.3) is 33.1 Å². The smallest absolute Gasteiger partial charge is 0.237 e. The van der Waals surface area contributed by atoms with Gasteiger partial charge in [0.25, 0.3) is 0 Å². The van der Waals surface area contributed by atoms with Crippen LogP contribution in [-0.4, -0.2) is 35.2 Å². The molecule has 0 atom stereocenters. The summed E-state index contributed by atoms with van der Waals surface area (Å²) in [6.45, 7) is 2.13. The van der Waals surface area contributed by atoms with Crippen LogP contribution in [0.3, 0.4) is 0 Å². The van der Waals surface area contributed by atoms with Gasteiger partial charge in [0.05, 0.1) is 16.6 Å². The van der Waals surface area contributed by atoms with E-state index in [1.165, 1.54) is 0 Å². The van der Waals surface area contributed by atoms with Gasteiger partial charge in [-0.15, -0.1) is 10.2 Å². The lowest BCUT2D eigenvalue weighted by Gasteiger charge is -2.03. The van der Waals surface area contributed by atoms with Gasteiger partial charge in [-0.3, -0.25) is 9.78 Å². The lowest BCUT2D eigenvalue weighted by atomic mass is 10.1. The fourth-order valence-electron chi connectivity index (χ4n) is 3.02. The largest absolute Gasteiger partial charge is 0.424 e. The highest BCUT2D eigenvalue weighted by Gasteiger charge is 2.13. The molecule has 0 radical (unpaired) electrons. The van der Waals surface area contributed by atoms with Crippen molar-refractivity contribution in [1.29, 1.82) is 0 Å². The van der Waals surface area contributed by atoms with E-state index in [1.54, 1.807) is 17.8 Å². The van der Waals surface area contributed by atoms with Crippen molar-refractivity contribution in [2.24, 2.45) is 0 Å². The average Bonchev–Trinajstić information content (AvgIpc) is 3.36. The minimum absolute atomic E-state index is 0.377. The molecular formula is C17H14N8O. The lowest BCUT2D eigenvalue weighted by molar-refractivity contribution is 0.445. The molecule has 1 aromatic carbocycles. The molecule has 0 unspecified atom stereocenters. The second-order valence-electron chi connectivity index (χ2n) is 5.99. The Kier molecular flexibility index (Phi) is 3.02. The number of aromatic amines is 1. The van der Waals surface area contributed by atoms with Crippen LogP contribution in [0.5, 0.6) is 0 Å². The van der Waals surface area contributed by atoms with Gasteiger partial charge in [0, 0.05) is 30.3 Å².